The molecule has 0 radical (unpaired) electrons. The van der Waals surface area contributed by atoms with Gasteiger partial charge in [0.2, 0.25) is 0 Å². The van der Waals surface area contributed by atoms with E-state index in [0.29, 0.717) is 12.0 Å². The molecule has 0 spiro atoms. The van der Waals surface area contributed by atoms with Gasteiger partial charge >= 0.3 is 6.03 Å². The van der Waals surface area contributed by atoms with Crippen molar-refractivity contribution in [3.05, 3.63) is 35.6 Å². The first-order valence-electron chi connectivity index (χ1n) is 5.97. The second kappa shape index (κ2) is 6.06. The molecule has 1 N–H and O–H groups in total. The highest BCUT2D eigenvalue weighted by atomic mass is 32.2. The molecule has 4 nitrogen and oxygen atoms in total. The Kier molecular flexibility index (Phi) is 4.42. The van der Waals surface area contributed by atoms with E-state index < -0.39 is 12.1 Å². The molecule has 0 unspecified atom stereocenters. The number of nitrogens with zero attached hydrogens (tertiary/aromatic N) is 1. The van der Waals surface area contributed by atoms with Crippen LogP contribution >= 0.6 is 11.8 Å². The Morgan fingerprint density at radius 1 is 1.42 bits per heavy atom. The first-order chi connectivity index (χ1) is 9.11. The van der Waals surface area contributed by atoms with Crippen LogP contribution in [-0.2, 0) is 11.3 Å². The van der Waals surface area contributed by atoms with E-state index in [2.05, 4.69) is 5.32 Å². The number of thioether (sulfide) groups is 1. The third-order valence-corrected chi connectivity index (χ3v) is 3.59. The van der Waals surface area contributed by atoms with E-state index in [1.165, 1.54) is 12.1 Å². The predicted octanol–water partition coefficient (Wildman–Crippen LogP) is 2.00. The third-order valence-electron chi connectivity index (χ3n) is 2.95. The lowest BCUT2D eigenvalue weighted by Gasteiger charge is -2.13. The van der Waals surface area contributed by atoms with E-state index in [1.807, 2.05) is 6.26 Å². The Hall–Kier alpha value is -1.56. The minimum absolute atomic E-state index is 0.109. The molecule has 6 heteroatoms. The minimum atomic E-state index is -0.450. The Morgan fingerprint density at radius 3 is 2.89 bits per heavy atom. The molecule has 0 saturated carbocycles. The molecule has 1 aromatic carbocycles. The second-order valence-electron chi connectivity index (χ2n) is 4.34. The van der Waals surface area contributed by atoms with Crippen LogP contribution in [0.4, 0.5) is 9.18 Å². The Bertz CT molecular complexity index is 495. The summed E-state index contributed by atoms with van der Waals surface area (Å²) in [5, 5.41) is 2.65. The molecule has 0 bridgehead atoms. The van der Waals surface area contributed by atoms with Crippen molar-refractivity contribution in [2.45, 2.75) is 19.0 Å². The number of urea groups is 1. The summed E-state index contributed by atoms with van der Waals surface area (Å²) in [5.74, 6) is 0.205. The summed E-state index contributed by atoms with van der Waals surface area (Å²) in [6, 6.07) is 5.06. The molecule has 0 aliphatic carbocycles. The van der Waals surface area contributed by atoms with Crippen molar-refractivity contribution in [2.24, 2.45) is 0 Å². The summed E-state index contributed by atoms with van der Waals surface area (Å²) in [5.41, 5.74) is 0.606. The van der Waals surface area contributed by atoms with Crippen molar-refractivity contribution in [1.29, 1.82) is 0 Å². The van der Waals surface area contributed by atoms with Gasteiger partial charge in [-0.25, -0.2) is 9.18 Å². The van der Waals surface area contributed by atoms with Gasteiger partial charge in [0.05, 0.1) is 6.54 Å². The normalized spacial score (nSPS) is 18.8. The lowest BCUT2D eigenvalue weighted by atomic mass is 10.2. The van der Waals surface area contributed by atoms with Gasteiger partial charge in [-0.2, -0.15) is 11.8 Å². The van der Waals surface area contributed by atoms with Gasteiger partial charge in [0.25, 0.3) is 5.91 Å². The largest absolute Gasteiger partial charge is 0.326 e. The van der Waals surface area contributed by atoms with E-state index >= 15 is 0 Å². The molecule has 2 rings (SSSR count). The number of nitrogens with one attached hydrogen (secondary N) is 1. The fraction of sp³-hybridized carbons (Fsp3) is 0.385. The highest BCUT2D eigenvalue weighted by Crippen LogP contribution is 2.15. The summed E-state index contributed by atoms with van der Waals surface area (Å²) in [6.07, 6.45) is 2.57. The lowest BCUT2D eigenvalue weighted by molar-refractivity contribution is -0.127. The Morgan fingerprint density at radius 2 is 2.21 bits per heavy atom. The second-order valence-corrected chi connectivity index (χ2v) is 5.32. The van der Waals surface area contributed by atoms with Crippen LogP contribution in [0.2, 0.25) is 0 Å². The summed E-state index contributed by atoms with van der Waals surface area (Å²) in [6.45, 7) is 0.109. The fourth-order valence-corrected chi connectivity index (χ4v) is 2.45. The molecule has 102 valence electrons. The van der Waals surface area contributed by atoms with Crippen molar-refractivity contribution in [1.82, 2.24) is 10.2 Å². The van der Waals surface area contributed by atoms with Crippen LogP contribution in [0.3, 0.4) is 0 Å². The van der Waals surface area contributed by atoms with E-state index in [0.717, 1.165) is 10.7 Å². The van der Waals surface area contributed by atoms with Crippen molar-refractivity contribution >= 4 is 23.7 Å². The minimum Gasteiger partial charge on any atom is -0.326 e. The molecule has 1 saturated heterocycles. The van der Waals surface area contributed by atoms with Crippen LogP contribution < -0.4 is 5.32 Å². The zero-order valence-electron chi connectivity index (χ0n) is 10.6. The average Bonchev–Trinajstić information content (AvgIpc) is 2.64. The number of rotatable bonds is 5. The van der Waals surface area contributed by atoms with Gasteiger partial charge in [0.1, 0.15) is 11.9 Å². The molecule has 1 atom stereocenters. The maximum Gasteiger partial charge on any atom is 0.325 e. The molecular formula is C13H15FN2O2S. The number of hydrogen-bond acceptors (Lipinski definition) is 3. The molecule has 3 amide bonds. The zero-order chi connectivity index (χ0) is 13.8. The Balaban J connectivity index is 2.04. The number of carbonyl (C=O) groups excluding carboxylic acids is 2. The maximum absolute atomic E-state index is 13.1. The first kappa shape index (κ1) is 13.9. The van der Waals surface area contributed by atoms with Crippen molar-refractivity contribution in [3.63, 3.8) is 0 Å². The smallest absolute Gasteiger partial charge is 0.325 e. The summed E-state index contributed by atoms with van der Waals surface area (Å²) in [4.78, 5) is 24.9. The highest BCUT2D eigenvalue weighted by molar-refractivity contribution is 7.98. The highest BCUT2D eigenvalue weighted by Gasteiger charge is 2.37. The van der Waals surface area contributed by atoms with E-state index in [-0.39, 0.29) is 18.3 Å². The van der Waals surface area contributed by atoms with Crippen molar-refractivity contribution in [3.8, 4) is 0 Å². The van der Waals surface area contributed by atoms with Crippen molar-refractivity contribution < 1.29 is 14.0 Å². The third kappa shape index (κ3) is 3.26. The van der Waals surface area contributed by atoms with Crippen LogP contribution in [0.25, 0.3) is 0 Å². The SMILES string of the molecule is CSCC[C@@H]1NC(=O)N(Cc2cccc(F)c2)C1=O. The number of hydrogen-bond donors (Lipinski definition) is 1. The average molecular weight is 282 g/mol. The number of carbonyl (C=O) groups is 2. The van der Waals surface area contributed by atoms with Gasteiger partial charge in [0.15, 0.2) is 0 Å². The van der Waals surface area contributed by atoms with Crippen LogP contribution in [0.5, 0.6) is 0 Å². The molecule has 1 aromatic rings. The monoisotopic (exact) mass is 282 g/mol. The van der Waals surface area contributed by atoms with E-state index in [9.17, 15) is 14.0 Å². The summed E-state index contributed by atoms with van der Waals surface area (Å²) < 4.78 is 13.1. The number of halogens is 1. The fourth-order valence-electron chi connectivity index (χ4n) is 1.98. The van der Waals surface area contributed by atoms with Gasteiger partial charge in [-0.3, -0.25) is 9.69 Å². The van der Waals surface area contributed by atoms with Crippen molar-refractivity contribution in [2.75, 3.05) is 12.0 Å². The summed E-state index contributed by atoms with van der Waals surface area (Å²) >= 11 is 1.63. The molecule has 0 aromatic heterocycles. The van der Waals surface area contributed by atoms with E-state index in [4.69, 9.17) is 0 Å². The van der Waals surface area contributed by atoms with Gasteiger partial charge in [-0.05, 0) is 36.1 Å². The zero-order valence-corrected chi connectivity index (χ0v) is 11.4. The summed E-state index contributed by atoms with van der Waals surface area (Å²) in [7, 11) is 0. The Labute approximate surface area is 115 Å². The van der Waals surface area contributed by atoms with Gasteiger partial charge < -0.3 is 5.32 Å². The molecule has 19 heavy (non-hydrogen) atoms. The van der Waals surface area contributed by atoms with Crippen LogP contribution in [0, 0.1) is 5.82 Å². The lowest BCUT2D eigenvalue weighted by Crippen LogP contribution is -2.31. The predicted molar refractivity (Wildman–Crippen MR) is 72.3 cm³/mol. The van der Waals surface area contributed by atoms with Crippen LogP contribution in [0.15, 0.2) is 24.3 Å². The van der Waals surface area contributed by atoms with Gasteiger partial charge in [-0.1, -0.05) is 12.1 Å². The quantitative estimate of drug-likeness (QED) is 0.840. The van der Waals surface area contributed by atoms with E-state index in [1.54, 1.807) is 23.9 Å². The van der Waals surface area contributed by atoms with Gasteiger partial charge in [-0.15, -0.1) is 0 Å². The molecule has 1 aliphatic heterocycles. The number of imide groups is 1. The standard InChI is InChI=1S/C13H15FN2O2S/c1-19-6-5-11-12(17)16(13(18)15-11)8-9-3-2-4-10(14)7-9/h2-4,7,11H,5-6,8H2,1H3,(H,15,18)/t11-/m0/s1. The van der Waals surface area contributed by atoms with Gasteiger partial charge in [0, 0.05) is 0 Å². The number of amides is 3. The van der Waals surface area contributed by atoms with Crippen LogP contribution in [0.1, 0.15) is 12.0 Å². The molecular weight excluding hydrogens is 267 g/mol. The molecule has 1 heterocycles. The molecule has 1 fully saturated rings. The first-order valence-corrected chi connectivity index (χ1v) is 7.36. The topological polar surface area (TPSA) is 49.4 Å². The number of benzene rings is 1. The maximum atomic E-state index is 13.1. The molecule has 1 aliphatic rings. The van der Waals surface area contributed by atoms with Crippen LogP contribution in [-0.4, -0.2) is 34.9 Å².